The summed E-state index contributed by atoms with van der Waals surface area (Å²) in [5.41, 5.74) is 28.3. The van der Waals surface area contributed by atoms with E-state index in [1.807, 2.05) is 30.9 Å². The number of aryl methyl sites for hydroxylation is 6. The first-order chi connectivity index (χ1) is 26.9. The highest BCUT2D eigenvalue weighted by Gasteiger charge is 2.33. The minimum atomic E-state index is 0.970. The van der Waals surface area contributed by atoms with Crippen molar-refractivity contribution >= 4 is 60.8 Å². The van der Waals surface area contributed by atoms with E-state index in [1.165, 1.54) is 98.6 Å². The number of hydrogen-bond acceptors (Lipinski definition) is 4. The smallest absolute Gasteiger partial charge is 0.0686 e. The lowest BCUT2D eigenvalue weighted by atomic mass is 9.74. The molecule has 0 bridgehead atoms. The van der Waals surface area contributed by atoms with Gasteiger partial charge in [-0.15, -0.1) is 0 Å². The molecule has 0 saturated carbocycles. The van der Waals surface area contributed by atoms with Crippen LogP contribution in [0.2, 0.25) is 0 Å². The third kappa shape index (κ3) is 4.53. The van der Waals surface area contributed by atoms with E-state index in [2.05, 4.69) is 124 Å². The summed E-state index contributed by atoms with van der Waals surface area (Å²) in [5.74, 6) is 0. The van der Waals surface area contributed by atoms with Crippen LogP contribution in [-0.2, 0) is 32.7 Å². The van der Waals surface area contributed by atoms with Gasteiger partial charge in [-0.25, -0.2) is 0 Å². The van der Waals surface area contributed by atoms with Crippen LogP contribution in [0.25, 0.3) is 87.7 Å². The SMILES string of the molecule is C/C=C(C)\C(=C/N)n1c2ccc(-c3cccnc3)cc2c2cc3c4c(c21)CCc1cc2c5cc(-c6cn(C)s6)ccc5n(-c5cnccc5C)c2c(c1-4)CC3. The lowest BCUT2D eigenvalue weighted by molar-refractivity contribution is 0.883. The topological polar surface area (TPSA) is 66.6 Å². The molecule has 11 rings (SSSR count). The van der Waals surface area contributed by atoms with Crippen molar-refractivity contribution in [1.82, 2.24) is 23.1 Å². The first kappa shape index (κ1) is 32.3. The first-order valence-corrected chi connectivity index (χ1v) is 20.0. The Hall–Kier alpha value is -6.18. The predicted molar refractivity (Wildman–Crippen MR) is 230 cm³/mol. The van der Waals surface area contributed by atoms with Gasteiger partial charge in [0, 0.05) is 65.1 Å². The highest BCUT2D eigenvalue weighted by atomic mass is 32.1. The first-order valence-electron chi connectivity index (χ1n) is 19.2. The zero-order valence-electron chi connectivity index (χ0n) is 31.4. The lowest BCUT2D eigenvalue weighted by Gasteiger charge is -2.31. The molecule has 0 saturated heterocycles. The van der Waals surface area contributed by atoms with Crippen molar-refractivity contribution < 1.29 is 0 Å². The third-order valence-electron chi connectivity index (χ3n) is 12.3. The Morgan fingerprint density at radius 3 is 2.11 bits per heavy atom. The van der Waals surface area contributed by atoms with E-state index in [0.29, 0.717) is 0 Å². The molecule has 268 valence electrons. The standard InChI is InChI=1S/C48H40N6S/c1-5-27(2)42(23-49)53-40-14-10-29(33-7-6-17-50-24-33)19-36(40)38-21-31-9-13-35-46-32(8-12-34(45(31)46)47(38)53)22-39-37-20-30(44-26-52(4)55-44)11-15-41(37)54(48(35)39)43-25-51-18-16-28(43)3/h5-7,10-11,14-26H,8-9,12-13,49H2,1-4H3/b27-5-,42-23+. The second kappa shape index (κ2) is 11.9. The molecule has 6 nitrogen and oxygen atoms in total. The van der Waals surface area contributed by atoms with E-state index in [1.54, 1.807) is 17.7 Å². The fourth-order valence-corrected chi connectivity index (χ4v) is 10.4. The van der Waals surface area contributed by atoms with Crippen LogP contribution in [0, 0.1) is 6.92 Å². The number of nitrogens with two attached hydrogens (primary N) is 1. The minimum Gasteiger partial charge on any atom is -0.403 e. The largest absolute Gasteiger partial charge is 0.403 e. The maximum absolute atomic E-state index is 6.55. The summed E-state index contributed by atoms with van der Waals surface area (Å²) in [7, 11) is 2.11. The van der Waals surface area contributed by atoms with Crippen molar-refractivity contribution in [2.45, 2.75) is 46.5 Å². The van der Waals surface area contributed by atoms with Crippen LogP contribution in [0.5, 0.6) is 0 Å². The summed E-state index contributed by atoms with van der Waals surface area (Å²) in [6, 6.07) is 25.2. The Balaban J connectivity index is 1.24. The summed E-state index contributed by atoms with van der Waals surface area (Å²) >= 11 is 1.80. The average molecular weight is 733 g/mol. The molecule has 5 aromatic heterocycles. The molecule has 0 atom stereocenters. The van der Waals surface area contributed by atoms with Gasteiger partial charge in [0.1, 0.15) is 0 Å². The van der Waals surface area contributed by atoms with Gasteiger partial charge in [0.25, 0.3) is 0 Å². The molecule has 4 aromatic carbocycles. The van der Waals surface area contributed by atoms with E-state index in [0.717, 1.165) is 48.2 Å². The Morgan fingerprint density at radius 1 is 0.745 bits per heavy atom. The molecular weight excluding hydrogens is 693 g/mol. The Labute approximate surface area is 323 Å². The van der Waals surface area contributed by atoms with Crippen molar-refractivity contribution in [3.8, 4) is 38.4 Å². The van der Waals surface area contributed by atoms with Crippen molar-refractivity contribution in [3.05, 3.63) is 143 Å². The quantitative estimate of drug-likeness (QED) is 0.179. The van der Waals surface area contributed by atoms with Crippen LogP contribution in [0.4, 0.5) is 0 Å². The van der Waals surface area contributed by atoms with E-state index < -0.39 is 0 Å². The molecule has 2 aliphatic carbocycles. The number of aromatic nitrogens is 5. The summed E-state index contributed by atoms with van der Waals surface area (Å²) in [4.78, 5) is 10.4. The van der Waals surface area contributed by atoms with Crippen LogP contribution in [-0.4, -0.2) is 23.1 Å². The van der Waals surface area contributed by atoms with Gasteiger partial charge in [-0.3, -0.25) is 9.97 Å². The van der Waals surface area contributed by atoms with Crippen LogP contribution < -0.4 is 5.73 Å². The number of nitrogens with zero attached hydrogens (tertiary/aromatic N) is 5. The molecule has 0 aliphatic heterocycles. The molecule has 2 aliphatic rings. The second-order valence-corrected chi connectivity index (χ2v) is 16.5. The van der Waals surface area contributed by atoms with Crippen molar-refractivity contribution in [2.24, 2.45) is 12.8 Å². The summed E-state index contributed by atoms with van der Waals surface area (Å²) in [6.07, 6.45) is 17.8. The van der Waals surface area contributed by atoms with Crippen LogP contribution >= 0.6 is 11.5 Å². The van der Waals surface area contributed by atoms with E-state index in [4.69, 9.17) is 5.73 Å². The van der Waals surface area contributed by atoms with E-state index in [9.17, 15) is 0 Å². The molecule has 5 heterocycles. The highest BCUT2D eigenvalue weighted by molar-refractivity contribution is 7.11. The second-order valence-electron chi connectivity index (χ2n) is 15.3. The molecule has 55 heavy (non-hydrogen) atoms. The van der Waals surface area contributed by atoms with E-state index in [-0.39, 0.29) is 0 Å². The van der Waals surface area contributed by atoms with Crippen LogP contribution in [0.3, 0.4) is 0 Å². The summed E-state index contributed by atoms with van der Waals surface area (Å²) in [6.45, 7) is 6.47. The van der Waals surface area contributed by atoms with Crippen molar-refractivity contribution in [3.63, 3.8) is 0 Å². The van der Waals surface area contributed by atoms with Gasteiger partial charge in [0.2, 0.25) is 0 Å². The maximum Gasteiger partial charge on any atom is 0.0686 e. The number of benzene rings is 4. The van der Waals surface area contributed by atoms with Gasteiger partial charge in [-0.1, -0.05) is 35.8 Å². The number of allylic oxidation sites excluding steroid dienone is 3. The van der Waals surface area contributed by atoms with Crippen LogP contribution in [0.15, 0.2) is 116 Å². The Bertz CT molecular complexity index is 3130. The molecule has 0 unspecified atom stereocenters. The van der Waals surface area contributed by atoms with E-state index >= 15 is 0 Å². The number of fused-ring (bicyclic) bond motifs is 8. The normalized spacial score (nSPS) is 14.2. The highest BCUT2D eigenvalue weighted by Crippen LogP contribution is 2.52. The minimum absolute atomic E-state index is 0.970. The van der Waals surface area contributed by atoms with Gasteiger partial charge in [0.05, 0.1) is 44.5 Å². The molecule has 0 amide bonds. The van der Waals surface area contributed by atoms with Gasteiger partial charge < -0.3 is 18.8 Å². The Morgan fingerprint density at radius 2 is 1.42 bits per heavy atom. The zero-order chi connectivity index (χ0) is 37.1. The Kier molecular flexibility index (Phi) is 6.99. The van der Waals surface area contributed by atoms with Gasteiger partial charge in [-0.2, -0.15) is 0 Å². The molecule has 7 heteroatoms. The zero-order valence-corrected chi connectivity index (χ0v) is 32.3. The average Bonchev–Trinajstić information content (AvgIpc) is 3.71. The van der Waals surface area contributed by atoms with Gasteiger partial charge in [-0.05, 0) is 151 Å². The fraction of sp³-hybridized carbons (Fsp3) is 0.167. The fourth-order valence-electron chi connectivity index (χ4n) is 9.69. The lowest BCUT2D eigenvalue weighted by Crippen LogP contribution is -2.16. The predicted octanol–water partition coefficient (Wildman–Crippen LogP) is 11.3. The molecular formula is C48H40N6S. The molecule has 0 fully saturated rings. The molecule has 2 N–H and O–H groups in total. The van der Waals surface area contributed by atoms with Crippen LogP contribution in [0.1, 0.15) is 41.7 Å². The number of hydrogen-bond donors (Lipinski definition) is 1. The third-order valence-corrected chi connectivity index (χ3v) is 13.2. The summed E-state index contributed by atoms with van der Waals surface area (Å²) < 4.78 is 7.13. The monoisotopic (exact) mass is 732 g/mol. The maximum atomic E-state index is 6.55. The molecule has 0 radical (unpaired) electrons. The number of pyridine rings is 2. The van der Waals surface area contributed by atoms with Gasteiger partial charge >= 0.3 is 0 Å². The number of rotatable bonds is 5. The molecule has 0 spiro atoms. The van der Waals surface area contributed by atoms with Crippen molar-refractivity contribution in [2.75, 3.05) is 0 Å². The molecule has 9 aromatic rings. The summed E-state index contributed by atoms with van der Waals surface area (Å²) in [5, 5.41) is 5.20. The van der Waals surface area contributed by atoms with Gasteiger partial charge in [0.15, 0.2) is 0 Å². The van der Waals surface area contributed by atoms with Crippen molar-refractivity contribution in [1.29, 1.82) is 0 Å².